The summed E-state index contributed by atoms with van der Waals surface area (Å²) >= 11 is 0. The third kappa shape index (κ3) is 2.07. The van der Waals surface area contributed by atoms with Crippen molar-refractivity contribution in [2.45, 2.75) is 25.2 Å². The van der Waals surface area contributed by atoms with Gasteiger partial charge in [-0.25, -0.2) is 0 Å². The van der Waals surface area contributed by atoms with Crippen molar-refractivity contribution in [3.05, 3.63) is 34.9 Å². The van der Waals surface area contributed by atoms with Crippen molar-refractivity contribution in [1.82, 2.24) is 10.2 Å². The van der Waals surface area contributed by atoms with E-state index in [0.717, 1.165) is 6.07 Å². The normalized spacial score (nSPS) is 25.0. The molecule has 0 aliphatic carbocycles. The molecule has 20 heavy (non-hydrogen) atoms. The number of benzene rings is 1. The topological polar surface area (TPSA) is 32.3 Å². The summed E-state index contributed by atoms with van der Waals surface area (Å²) in [7, 11) is 0. The van der Waals surface area contributed by atoms with Gasteiger partial charge in [-0.3, -0.25) is 4.79 Å². The average Bonchev–Trinajstić information content (AvgIpc) is 2.64. The molecule has 2 aliphatic rings. The summed E-state index contributed by atoms with van der Waals surface area (Å²) < 4.78 is 39.0. The van der Waals surface area contributed by atoms with Crippen molar-refractivity contribution in [3.63, 3.8) is 0 Å². The monoisotopic (exact) mass is 306 g/mol. The number of carbonyl (C=O) groups is 1. The first-order valence-corrected chi connectivity index (χ1v) is 6.15. The van der Waals surface area contributed by atoms with Crippen LogP contribution in [0.25, 0.3) is 0 Å². The number of rotatable bonds is 0. The molecule has 0 bridgehead atoms. The van der Waals surface area contributed by atoms with Crippen molar-refractivity contribution in [2.24, 2.45) is 0 Å². The number of hydrogen-bond donors (Lipinski definition) is 1. The summed E-state index contributed by atoms with van der Waals surface area (Å²) in [6.45, 7) is 2.94. The van der Waals surface area contributed by atoms with E-state index >= 15 is 0 Å². The van der Waals surface area contributed by atoms with Gasteiger partial charge in [0.15, 0.2) is 0 Å². The van der Waals surface area contributed by atoms with Gasteiger partial charge in [-0.05, 0) is 18.6 Å². The van der Waals surface area contributed by atoms with Gasteiger partial charge < -0.3 is 10.2 Å². The lowest BCUT2D eigenvalue weighted by Crippen LogP contribution is -2.50. The molecule has 0 aromatic heterocycles. The van der Waals surface area contributed by atoms with Gasteiger partial charge in [0.25, 0.3) is 5.91 Å². The third-order valence-electron chi connectivity index (χ3n) is 3.82. The number of fused-ring (bicyclic) bond motifs is 3. The summed E-state index contributed by atoms with van der Waals surface area (Å²) in [6.07, 6.45) is -4.49. The molecule has 110 valence electrons. The maximum atomic E-state index is 13.0. The molecule has 1 aromatic rings. The number of nitrogens with zero attached hydrogens (tertiary/aromatic N) is 1. The lowest BCUT2D eigenvalue weighted by molar-refractivity contribution is -0.137. The lowest BCUT2D eigenvalue weighted by atomic mass is 9.95. The number of nitrogens with one attached hydrogen (secondary N) is 1. The Kier molecular flexibility index (Phi) is 3.73. The van der Waals surface area contributed by atoms with Gasteiger partial charge in [-0.1, -0.05) is 12.1 Å². The van der Waals surface area contributed by atoms with Crippen LogP contribution in [0.3, 0.4) is 0 Å². The van der Waals surface area contributed by atoms with E-state index < -0.39 is 17.6 Å². The molecule has 0 spiro atoms. The Bertz CT molecular complexity index is 547. The molecule has 0 saturated carbocycles. The Balaban J connectivity index is 0.00000147. The first-order valence-electron chi connectivity index (χ1n) is 6.15. The maximum absolute atomic E-state index is 13.0. The highest BCUT2D eigenvalue weighted by Gasteiger charge is 2.46. The molecule has 3 rings (SSSR count). The average molecular weight is 307 g/mol. The Morgan fingerprint density at radius 1 is 1.35 bits per heavy atom. The van der Waals surface area contributed by atoms with Gasteiger partial charge in [0.05, 0.1) is 17.2 Å². The van der Waals surface area contributed by atoms with E-state index in [2.05, 4.69) is 5.32 Å². The molecule has 1 aromatic carbocycles. The fourth-order valence-electron chi connectivity index (χ4n) is 3.03. The van der Waals surface area contributed by atoms with Crippen LogP contribution < -0.4 is 5.32 Å². The minimum Gasteiger partial charge on any atom is -0.329 e. The van der Waals surface area contributed by atoms with Crippen molar-refractivity contribution in [1.29, 1.82) is 0 Å². The molecule has 1 fully saturated rings. The summed E-state index contributed by atoms with van der Waals surface area (Å²) in [5, 5.41) is 3.20. The van der Waals surface area contributed by atoms with Crippen LogP contribution in [0.5, 0.6) is 0 Å². The van der Waals surface area contributed by atoms with Crippen molar-refractivity contribution >= 4 is 18.3 Å². The van der Waals surface area contributed by atoms with Gasteiger partial charge in [0, 0.05) is 19.1 Å². The molecule has 0 unspecified atom stereocenters. The molecule has 0 radical (unpaired) electrons. The Morgan fingerprint density at radius 2 is 2.05 bits per heavy atom. The highest BCUT2D eigenvalue weighted by molar-refractivity contribution is 6.01. The van der Waals surface area contributed by atoms with Crippen LogP contribution in [-0.4, -0.2) is 29.9 Å². The smallest absolute Gasteiger partial charge is 0.329 e. The Labute approximate surface area is 120 Å². The van der Waals surface area contributed by atoms with Gasteiger partial charge in [-0.2, -0.15) is 13.2 Å². The second kappa shape index (κ2) is 4.93. The predicted octanol–water partition coefficient (Wildman–Crippen LogP) is 2.62. The largest absolute Gasteiger partial charge is 0.417 e. The van der Waals surface area contributed by atoms with Gasteiger partial charge >= 0.3 is 6.18 Å². The number of amides is 1. The SMILES string of the molecule is C[C@H]1NCCN2C(=O)c3c(cccc3C(F)(F)F)[C@@H]12.Cl. The van der Waals surface area contributed by atoms with Crippen LogP contribution in [0.4, 0.5) is 13.2 Å². The number of piperazine rings is 1. The standard InChI is InChI=1S/C13H13F3N2O.ClH/c1-7-11-8-3-2-4-9(13(14,15)16)10(8)12(19)18(11)6-5-17-7;/h2-4,7,11,17H,5-6H2,1H3;1H/t7-,11-;/m1./s1. The van der Waals surface area contributed by atoms with E-state index in [4.69, 9.17) is 0 Å². The highest BCUT2D eigenvalue weighted by Crippen LogP contribution is 2.43. The molecule has 1 N–H and O–H groups in total. The summed E-state index contributed by atoms with van der Waals surface area (Å²) in [6, 6.07) is 3.64. The van der Waals surface area contributed by atoms with Crippen molar-refractivity contribution in [2.75, 3.05) is 13.1 Å². The van der Waals surface area contributed by atoms with Crippen LogP contribution in [0.1, 0.15) is 34.5 Å². The molecular weight excluding hydrogens is 293 g/mol. The van der Waals surface area contributed by atoms with Crippen LogP contribution in [0.2, 0.25) is 0 Å². The second-order valence-electron chi connectivity index (χ2n) is 4.95. The molecule has 1 saturated heterocycles. The minimum atomic E-state index is -4.49. The van der Waals surface area contributed by atoms with Crippen molar-refractivity contribution < 1.29 is 18.0 Å². The van der Waals surface area contributed by atoms with Crippen LogP contribution in [0.15, 0.2) is 18.2 Å². The molecule has 1 amide bonds. The maximum Gasteiger partial charge on any atom is 0.417 e. The number of halogens is 4. The summed E-state index contributed by atoms with van der Waals surface area (Å²) in [4.78, 5) is 13.8. The van der Waals surface area contributed by atoms with E-state index in [0.29, 0.717) is 18.7 Å². The Morgan fingerprint density at radius 3 is 2.70 bits per heavy atom. The van der Waals surface area contributed by atoms with E-state index in [1.54, 1.807) is 11.0 Å². The molecular formula is C13H14ClF3N2O. The van der Waals surface area contributed by atoms with Gasteiger partial charge in [0.2, 0.25) is 0 Å². The second-order valence-corrected chi connectivity index (χ2v) is 4.95. The molecule has 2 aliphatic heterocycles. The minimum absolute atomic E-state index is 0. The fraction of sp³-hybridized carbons (Fsp3) is 0.462. The van der Waals surface area contributed by atoms with E-state index in [9.17, 15) is 18.0 Å². The zero-order valence-corrected chi connectivity index (χ0v) is 11.5. The molecule has 2 heterocycles. The first-order chi connectivity index (χ1) is 8.91. The Hall–Kier alpha value is -1.27. The number of carbonyl (C=O) groups excluding carboxylic acids is 1. The molecule has 7 heteroatoms. The lowest BCUT2D eigenvalue weighted by Gasteiger charge is -2.36. The van der Waals surface area contributed by atoms with Crippen molar-refractivity contribution in [3.8, 4) is 0 Å². The summed E-state index contributed by atoms with van der Waals surface area (Å²) in [5.74, 6) is -0.499. The zero-order chi connectivity index (χ0) is 13.8. The molecule has 3 nitrogen and oxygen atoms in total. The number of alkyl halides is 3. The third-order valence-corrected chi connectivity index (χ3v) is 3.82. The van der Waals surface area contributed by atoms with Crippen LogP contribution >= 0.6 is 12.4 Å². The summed E-state index contributed by atoms with van der Waals surface area (Å²) in [5.41, 5.74) is -0.508. The highest BCUT2D eigenvalue weighted by atomic mass is 35.5. The van der Waals surface area contributed by atoms with Crippen LogP contribution in [0, 0.1) is 0 Å². The van der Waals surface area contributed by atoms with Gasteiger partial charge in [-0.15, -0.1) is 12.4 Å². The predicted molar refractivity (Wildman–Crippen MR) is 69.9 cm³/mol. The van der Waals surface area contributed by atoms with E-state index in [1.165, 1.54) is 6.07 Å². The first kappa shape index (κ1) is 15.1. The van der Waals surface area contributed by atoms with E-state index in [1.807, 2.05) is 6.92 Å². The number of hydrogen-bond acceptors (Lipinski definition) is 2. The molecule has 2 atom stereocenters. The fourth-order valence-corrected chi connectivity index (χ4v) is 3.03. The van der Waals surface area contributed by atoms with E-state index in [-0.39, 0.29) is 30.1 Å². The quantitative estimate of drug-likeness (QED) is 0.799. The van der Waals surface area contributed by atoms with Crippen LogP contribution in [-0.2, 0) is 6.18 Å². The van der Waals surface area contributed by atoms with Gasteiger partial charge in [0.1, 0.15) is 0 Å². The zero-order valence-electron chi connectivity index (χ0n) is 10.7.